The van der Waals surface area contributed by atoms with Gasteiger partial charge in [0.15, 0.2) is 0 Å². The predicted molar refractivity (Wildman–Crippen MR) is 80.2 cm³/mol. The standard InChI is InChI=1S/C16H17N3O/c1-11(20)19-16(13-4-2-3-5-13)10-15(18-19)12-6-8-14(17)9-7-12/h2-4,6-9,16H,5,10,17H2,1H3. The second kappa shape index (κ2) is 4.96. The molecule has 2 N–H and O–H groups in total. The van der Waals surface area contributed by atoms with E-state index in [1.165, 1.54) is 5.57 Å². The van der Waals surface area contributed by atoms with Crippen LogP contribution in [0.25, 0.3) is 0 Å². The molecule has 1 heterocycles. The molecule has 0 radical (unpaired) electrons. The summed E-state index contributed by atoms with van der Waals surface area (Å²) in [7, 11) is 0. The maximum absolute atomic E-state index is 11.8. The lowest BCUT2D eigenvalue weighted by atomic mass is 9.97. The molecule has 3 rings (SSSR count). The highest BCUT2D eigenvalue weighted by molar-refractivity contribution is 6.03. The van der Waals surface area contributed by atoms with E-state index in [9.17, 15) is 4.79 Å². The van der Waals surface area contributed by atoms with Crippen molar-refractivity contribution in [3.63, 3.8) is 0 Å². The van der Waals surface area contributed by atoms with Gasteiger partial charge in [0.25, 0.3) is 0 Å². The number of nitrogen functional groups attached to an aromatic ring is 1. The Labute approximate surface area is 118 Å². The molecular formula is C16H17N3O. The molecule has 20 heavy (non-hydrogen) atoms. The topological polar surface area (TPSA) is 58.7 Å². The van der Waals surface area contributed by atoms with Gasteiger partial charge in [-0.2, -0.15) is 5.10 Å². The molecule has 1 aliphatic carbocycles. The minimum atomic E-state index is -0.0201. The lowest BCUT2D eigenvalue weighted by molar-refractivity contribution is -0.129. The number of anilines is 1. The minimum Gasteiger partial charge on any atom is -0.399 e. The fraction of sp³-hybridized carbons (Fsp3) is 0.250. The van der Waals surface area contributed by atoms with Crippen molar-refractivity contribution in [1.29, 1.82) is 0 Å². The van der Waals surface area contributed by atoms with Gasteiger partial charge in [-0.15, -0.1) is 0 Å². The molecule has 1 aliphatic heterocycles. The van der Waals surface area contributed by atoms with Crippen LogP contribution in [0.2, 0.25) is 0 Å². The Kier molecular flexibility index (Phi) is 3.14. The molecule has 1 atom stereocenters. The number of carbonyl (C=O) groups is 1. The van der Waals surface area contributed by atoms with Crippen LogP contribution in [0.3, 0.4) is 0 Å². The SMILES string of the molecule is CC(=O)N1N=C(c2ccc(N)cc2)CC1C1=CC=CC1. The van der Waals surface area contributed by atoms with E-state index in [1.54, 1.807) is 11.9 Å². The summed E-state index contributed by atoms with van der Waals surface area (Å²) in [5.41, 5.74) is 9.65. The minimum absolute atomic E-state index is 0.0201. The maximum atomic E-state index is 11.8. The van der Waals surface area contributed by atoms with Gasteiger partial charge in [-0.1, -0.05) is 30.4 Å². The van der Waals surface area contributed by atoms with Crippen LogP contribution in [0.1, 0.15) is 25.3 Å². The highest BCUT2D eigenvalue weighted by Crippen LogP contribution is 2.29. The van der Waals surface area contributed by atoms with Crippen LogP contribution in [-0.2, 0) is 4.79 Å². The molecule has 1 amide bonds. The fourth-order valence-corrected chi connectivity index (χ4v) is 2.65. The summed E-state index contributed by atoms with van der Waals surface area (Å²) in [5.74, 6) is -0.0201. The molecule has 0 bridgehead atoms. The number of nitrogens with two attached hydrogens (primary N) is 1. The van der Waals surface area contributed by atoms with Crippen molar-refractivity contribution < 1.29 is 4.79 Å². The number of allylic oxidation sites excluding steroid dienone is 3. The van der Waals surface area contributed by atoms with Gasteiger partial charge < -0.3 is 5.73 Å². The van der Waals surface area contributed by atoms with E-state index in [-0.39, 0.29) is 11.9 Å². The molecular weight excluding hydrogens is 250 g/mol. The highest BCUT2D eigenvalue weighted by atomic mass is 16.2. The summed E-state index contributed by atoms with van der Waals surface area (Å²) < 4.78 is 0. The zero-order chi connectivity index (χ0) is 14.1. The van der Waals surface area contributed by atoms with Crippen molar-refractivity contribution in [2.45, 2.75) is 25.8 Å². The van der Waals surface area contributed by atoms with Gasteiger partial charge in [0.1, 0.15) is 0 Å². The monoisotopic (exact) mass is 267 g/mol. The van der Waals surface area contributed by atoms with E-state index in [4.69, 9.17) is 5.73 Å². The number of nitrogens with zero attached hydrogens (tertiary/aromatic N) is 2. The lowest BCUT2D eigenvalue weighted by Crippen LogP contribution is -2.32. The Bertz CT molecular complexity index is 626. The molecule has 4 heteroatoms. The Morgan fingerprint density at radius 1 is 1.35 bits per heavy atom. The summed E-state index contributed by atoms with van der Waals surface area (Å²) in [4.78, 5) is 11.8. The molecule has 1 aromatic rings. The summed E-state index contributed by atoms with van der Waals surface area (Å²) in [5, 5.41) is 6.11. The second-order valence-electron chi connectivity index (χ2n) is 5.13. The molecule has 0 fully saturated rings. The lowest BCUT2D eigenvalue weighted by Gasteiger charge is -2.21. The van der Waals surface area contributed by atoms with Crippen molar-refractivity contribution in [1.82, 2.24) is 5.01 Å². The summed E-state index contributed by atoms with van der Waals surface area (Å²) in [6.07, 6.45) is 7.89. The average molecular weight is 267 g/mol. The smallest absolute Gasteiger partial charge is 0.240 e. The molecule has 0 saturated carbocycles. The third kappa shape index (κ3) is 2.25. The molecule has 1 aromatic carbocycles. The number of benzene rings is 1. The van der Waals surface area contributed by atoms with Crippen LogP contribution >= 0.6 is 0 Å². The first-order valence-electron chi connectivity index (χ1n) is 6.74. The van der Waals surface area contributed by atoms with E-state index in [1.807, 2.05) is 30.3 Å². The van der Waals surface area contributed by atoms with Crippen molar-refractivity contribution in [3.8, 4) is 0 Å². The molecule has 4 nitrogen and oxygen atoms in total. The number of amides is 1. The van der Waals surface area contributed by atoms with Crippen LogP contribution < -0.4 is 5.73 Å². The summed E-state index contributed by atoms with van der Waals surface area (Å²) in [6, 6.07) is 7.68. The third-order valence-electron chi connectivity index (χ3n) is 3.70. The van der Waals surface area contributed by atoms with Crippen LogP contribution in [0.5, 0.6) is 0 Å². The van der Waals surface area contributed by atoms with Crippen LogP contribution in [0.4, 0.5) is 5.69 Å². The molecule has 2 aliphatic rings. The van der Waals surface area contributed by atoms with Gasteiger partial charge in [0, 0.05) is 19.0 Å². The Morgan fingerprint density at radius 2 is 2.10 bits per heavy atom. The highest BCUT2D eigenvalue weighted by Gasteiger charge is 2.32. The van der Waals surface area contributed by atoms with Gasteiger partial charge in [0.05, 0.1) is 11.8 Å². The first-order valence-corrected chi connectivity index (χ1v) is 6.74. The van der Waals surface area contributed by atoms with Gasteiger partial charge in [-0.05, 0) is 29.7 Å². The average Bonchev–Trinajstić information content (AvgIpc) is 3.08. The van der Waals surface area contributed by atoms with E-state index in [2.05, 4.69) is 17.3 Å². The fourth-order valence-electron chi connectivity index (χ4n) is 2.65. The molecule has 102 valence electrons. The Morgan fingerprint density at radius 3 is 2.70 bits per heavy atom. The Balaban J connectivity index is 1.88. The summed E-state index contributed by atoms with van der Waals surface area (Å²) in [6.45, 7) is 1.56. The van der Waals surface area contributed by atoms with Crippen molar-refractivity contribution in [3.05, 3.63) is 53.6 Å². The van der Waals surface area contributed by atoms with E-state index >= 15 is 0 Å². The van der Waals surface area contributed by atoms with Crippen molar-refractivity contribution >= 4 is 17.3 Å². The molecule has 0 aromatic heterocycles. The largest absolute Gasteiger partial charge is 0.399 e. The Hall–Kier alpha value is -2.36. The molecule has 0 saturated heterocycles. The van der Waals surface area contributed by atoms with Crippen molar-refractivity contribution in [2.24, 2.45) is 5.10 Å². The first-order chi connectivity index (χ1) is 9.65. The van der Waals surface area contributed by atoms with Gasteiger partial charge in [-0.3, -0.25) is 4.79 Å². The maximum Gasteiger partial charge on any atom is 0.240 e. The van der Waals surface area contributed by atoms with Crippen LogP contribution in [0, 0.1) is 0 Å². The third-order valence-corrected chi connectivity index (χ3v) is 3.70. The number of hydrazone groups is 1. The number of carbonyl (C=O) groups excluding carboxylic acids is 1. The second-order valence-corrected chi connectivity index (χ2v) is 5.13. The normalized spacial score (nSPS) is 21.1. The molecule has 1 unspecified atom stereocenters. The number of hydrogen-bond acceptors (Lipinski definition) is 3. The van der Waals surface area contributed by atoms with Gasteiger partial charge in [0.2, 0.25) is 5.91 Å². The van der Waals surface area contributed by atoms with Gasteiger partial charge >= 0.3 is 0 Å². The van der Waals surface area contributed by atoms with Gasteiger partial charge in [-0.25, -0.2) is 5.01 Å². The predicted octanol–water partition coefficient (Wildman–Crippen LogP) is 2.48. The number of rotatable bonds is 2. The summed E-state index contributed by atoms with van der Waals surface area (Å²) >= 11 is 0. The zero-order valence-corrected chi connectivity index (χ0v) is 11.4. The van der Waals surface area contributed by atoms with Crippen LogP contribution in [-0.4, -0.2) is 22.7 Å². The van der Waals surface area contributed by atoms with E-state index in [0.717, 1.165) is 29.8 Å². The molecule has 0 spiro atoms. The number of hydrogen-bond donors (Lipinski definition) is 1. The van der Waals surface area contributed by atoms with Crippen LogP contribution in [0.15, 0.2) is 53.2 Å². The quantitative estimate of drug-likeness (QED) is 0.837. The zero-order valence-electron chi connectivity index (χ0n) is 11.4. The first kappa shape index (κ1) is 12.7. The van der Waals surface area contributed by atoms with Crippen molar-refractivity contribution in [2.75, 3.05) is 5.73 Å². The van der Waals surface area contributed by atoms with E-state index < -0.39 is 0 Å². The van der Waals surface area contributed by atoms with E-state index in [0.29, 0.717) is 0 Å².